The van der Waals surface area contributed by atoms with Crippen molar-refractivity contribution in [2.75, 3.05) is 13.1 Å². The Bertz CT molecular complexity index is 752. The number of hydrogen-bond acceptors (Lipinski definition) is 2. The number of nitrogens with one attached hydrogen (secondary N) is 2. The van der Waals surface area contributed by atoms with Crippen LogP contribution in [-0.2, 0) is 13.1 Å². The summed E-state index contributed by atoms with van der Waals surface area (Å²) in [6.07, 6.45) is -2.16. The molecule has 3 rings (SSSR count). The fraction of sp³-hybridized carbons (Fsp3) is 0.350. The number of halogens is 3. The highest BCUT2D eigenvalue weighted by Crippen LogP contribution is 2.22. The van der Waals surface area contributed by atoms with Gasteiger partial charge in [0.1, 0.15) is 12.3 Å². The second-order valence-electron chi connectivity index (χ2n) is 6.71. The lowest BCUT2D eigenvalue weighted by atomic mass is 10.1. The van der Waals surface area contributed by atoms with Crippen molar-refractivity contribution in [2.24, 2.45) is 0 Å². The van der Waals surface area contributed by atoms with Crippen molar-refractivity contribution in [3.63, 3.8) is 0 Å². The molecule has 7 heteroatoms. The van der Waals surface area contributed by atoms with E-state index in [1.165, 1.54) is 43.6 Å². The van der Waals surface area contributed by atoms with Crippen molar-refractivity contribution >= 4 is 5.91 Å². The molecule has 1 amide bonds. The van der Waals surface area contributed by atoms with Crippen LogP contribution in [0, 0.1) is 0 Å². The first-order chi connectivity index (χ1) is 12.9. The van der Waals surface area contributed by atoms with Crippen LogP contribution in [0.15, 0.2) is 48.5 Å². The average Bonchev–Trinajstić information content (AvgIpc) is 3.13. The van der Waals surface area contributed by atoms with Crippen LogP contribution in [0.25, 0.3) is 0 Å². The van der Waals surface area contributed by atoms with E-state index in [1.54, 1.807) is 4.90 Å². The predicted molar refractivity (Wildman–Crippen MR) is 94.4 cm³/mol. The summed E-state index contributed by atoms with van der Waals surface area (Å²) in [5.41, 5.74) is 2.53. The summed E-state index contributed by atoms with van der Waals surface area (Å²) in [6.45, 7) is 3.84. The van der Waals surface area contributed by atoms with Gasteiger partial charge in [0.2, 0.25) is 0 Å². The van der Waals surface area contributed by atoms with Crippen LogP contribution in [0.2, 0.25) is 0 Å². The Morgan fingerprint density at radius 1 is 0.963 bits per heavy atom. The van der Waals surface area contributed by atoms with Gasteiger partial charge in [0.15, 0.2) is 0 Å². The number of benzene rings is 2. The van der Waals surface area contributed by atoms with E-state index in [0.29, 0.717) is 6.54 Å². The number of amides is 1. The number of carbonyl (C=O) groups is 1. The first-order valence-corrected chi connectivity index (χ1v) is 8.94. The summed E-state index contributed by atoms with van der Waals surface area (Å²) >= 11 is 0. The lowest BCUT2D eigenvalue weighted by molar-refractivity contribution is -0.901. The van der Waals surface area contributed by atoms with Gasteiger partial charge in [-0.15, -0.1) is 13.2 Å². The molecule has 27 heavy (non-hydrogen) atoms. The zero-order valence-electron chi connectivity index (χ0n) is 14.8. The van der Waals surface area contributed by atoms with E-state index in [0.717, 1.165) is 24.2 Å². The van der Waals surface area contributed by atoms with Gasteiger partial charge < -0.3 is 15.0 Å². The molecule has 0 bridgehead atoms. The van der Waals surface area contributed by atoms with Gasteiger partial charge >= 0.3 is 6.36 Å². The van der Waals surface area contributed by atoms with Crippen molar-refractivity contribution in [3.05, 3.63) is 65.2 Å². The molecule has 0 saturated carbocycles. The summed E-state index contributed by atoms with van der Waals surface area (Å²) < 4.78 is 40.2. The second kappa shape index (κ2) is 8.43. The minimum atomic E-state index is -4.74. The molecule has 2 aromatic rings. The van der Waals surface area contributed by atoms with Gasteiger partial charge in [-0.25, -0.2) is 0 Å². The molecule has 2 aromatic carbocycles. The van der Waals surface area contributed by atoms with Gasteiger partial charge in [-0.1, -0.05) is 24.3 Å². The molecule has 0 aromatic heterocycles. The number of alkyl halides is 3. The van der Waals surface area contributed by atoms with Gasteiger partial charge in [-0.05, 0) is 29.8 Å². The highest BCUT2D eigenvalue weighted by atomic mass is 19.4. The molecule has 1 heterocycles. The largest absolute Gasteiger partial charge is 0.573 e. The van der Waals surface area contributed by atoms with Gasteiger partial charge in [0.25, 0.3) is 5.91 Å². The highest BCUT2D eigenvalue weighted by molar-refractivity contribution is 5.94. The molecule has 0 atom stereocenters. The molecular formula is C20H22F3N2O2+. The molecule has 1 saturated heterocycles. The van der Waals surface area contributed by atoms with Crippen molar-refractivity contribution in [1.82, 2.24) is 5.32 Å². The molecule has 1 aliphatic rings. The predicted octanol–water partition coefficient (Wildman–Crippen LogP) is 2.69. The van der Waals surface area contributed by atoms with Gasteiger partial charge in [0, 0.05) is 30.5 Å². The lowest BCUT2D eigenvalue weighted by Crippen LogP contribution is -3.08. The fourth-order valence-corrected chi connectivity index (χ4v) is 3.21. The van der Waals surface area contributed by atoms with E-state index < -0.39 is 6.36 Å². The third kappa shape index (κ3) is 5.99. The topological polar surface area (TPSA) is 42.8 Å². The summed E-state index contributed by atoms with van der Waals surface area (Å²) in [5, 5.41) is 2.77. The normalized spacial score (nSPS) is 14.9. The van der Waals surface area contributed by atoms with Crippen LogP contribution >= 0.6 is 0 Å². The highest BCUT2D eigenvalue weighted by Gasteiger charge is 2.31. The molecule has 2 N–H and O–H groups in total. The van der Waals surface area contributed by atoms with E-state index in [9.17, 15) is 18.0 Å². The number of hydrogen-bond donors (Lipinski definition) is 2. The van der Waals surface area contributed by atoms with Crippen LogP contribution in [0.3, 0.4) is 0 Å². The van der Waals surface area contributed by atoms with Gasteiger partial charge in [-0.3, -0.25) is 4.79 Å². The molecule has 1 fully saturated rings. The maximum Gasteiger partial charge on any atom is 0.573 e. The Balaban J connectivity index is 1.49. The Labute approximate surface area is 155 Å². The van der Waals surface area contributed by atoms with Crippen LogP contribution < -0.4 is 15.0 Å². The molecule has 0 spiro atoms. The van der Waals surface area contributed by atoms with Crippen molar-refractivity contribution in [1.29, 1.82) is 0 Å². The summed E-state index contributed by atoms with van der Waals surface area (Å²) in [4.78, 5) is 13.7. The first-order valence-electron chi connectivity index (χ1n) is 8.94. The van der Waals surface area contributed by atoms with Crippen molar-refractivity contribution in [2.45, 2.75) is 32.3 Å². The Morgan fingerprint density at radius 2 is 1.56 bits per heavy atom. The molecule has 0 aliphatic carbocycles. The fourth-order valence-electron chi connectivity index (χ4n) is 3.21. The maximum absolute atomic E-state index is 12.1. The van der Waals surface area contributed by atoms with Gasteiger partial charge in [0.05, 0.1) is 13.1 Å². The second-order valence-corrected chi connectivity index (χ2v) is 6.71. The Kier molecular flexibility index (Phi) is 6.01. The summed E-state index contributed by atoms with van der Waals surface area (Å²) in [7, 11) is 0. The summed E-state index contributed by atoms with van der Waals surface area (Å²) in [6, 6.07) is 13.0. The molecule has 4 nitrogen and oxygen atoms in total. The van der Waals surface area contributed by atoms with Gasteiger partial charge in [-0.2, -0.15) is 0 Å². The SMILES string of the molecule is O=C(NCc1ccc(C[NH+]2CCCC2)cc1)c1ccc(OC(F)(F)F)cc1. The van der Waals surface area contributed by atoms with E-state index in [2.05, 4.69) is 22.2 Å². The average molecular weight is 379 g/mol. The number of rotatable bonds is 6. The summed E-state index contributed by atoms with van der Waals surface area (Å²) in [5.74, 6) is -0.700. The minimum absolute atomic E-state index is 0.277. The molecule has 144 valence electrons. The maximum atomic E-state index is 12.1. The standard InChI is InChI=1S/C20H21F3N2O2/c21-20(22,23)27-18-9-7-17(8-10-18)19(26)24-13-15-3-5-16(6-4-15)14-25-11-1-2-12-25/h3-10H,1-2,11-14H2,(H,24,26)/p+1. The molecule has 0 unspecified atom stereocenters. The molecular weight excluding hydrogens is 357 g/mol. The molecule has 1 aliphatic heterocycles. The number of likely N-dealkylation sites (tertiary alicyclic amines) is 1. The number of ether oxygens (including phenoxy) is 1. The van der Waals surface area contributed by atoms with E-state index in [-0.39, 0.29) is 17.2 Å². The number of quaternary nitrogens is 1. The smallest absolute Gasteiger partial charge is 0.406 e. The molecule has 0 radical (unpaired) electrons. The Morgan fingerprint density at radius 3 is 2.15 bits per heavy atom. The zero-order chi connectivity index (χ0) is 19.3. The van der Waals surface area contributed by atoms with Crippen molar-refractivity contribution < 1.29 is 27.6 Å². The van der Waals surface area contributed by atoms with Crippen LogP contribution in [-0.4, -0.2) is 25.4 Å². The number of carbonyl (C=O) groups excluding carboxylic acids is 1. The first kappa shape index (κ1) is 19.2. The van der Waals surface area contributed by atoms with E-state index in [4.69, 9.17) is 0 Å². The zero-order valence-corrected chi connectivity index (χ0v) is 14.8. The van der Waals surface area contributed by atoms with E-state index in [1.807, 2.05) is 12.1 Å². The minimum Gasteiger partial charge on any atom is -0.406 e. The quantitative estimate of drug-likeness (QED) is 0.811. The third-order valence-corrected chi connectivity index (χ3v) is 4.59. The Hall–Kier alpha value is -2.54. The van der Waals surface area contributed by atoms with Crippen LogP contribution in [0.1, 0.15) is 34.3 Å². The monoisotopic (exact) mass is 379 g/mol. The van der Waals surface area contributed by atoms with Crippen LogP contribution in [0.4, 0.5) is 13.2 Å². The lowest BCUT2D eigenvalue weighted by Gasteiger charge is -2.12. The van der Waals surface area contributed by atoms with Crippen LogP contribution in [0.5, 0.6) is 5.75 Å². The van der Waals surface area contributed by atoms with Crippen molar-refractivity contribution in [3.8, 4) is 5.75 Å². The third-order valence-electron chi connectivity index (χ3n) is 4.59. The van der Waals surface area contributed by atoms with E-state index >= 15 is 0 Å².